The minimum atomic E-state index is -0.776. The van der Waals surface area contributed by atoms with Gasteiger partial charge in [-0.15, -0.1) is 0 Å². The molecule has 25 heavy (non-hydrogen) atoms. The van der Waals surface area contributed by atoms with Gasteiger partial charge in [-0.3, -0.25) is 10.1 Å². The third-order valence-electron chi connectivity index (χ3n) is 3.73. The van der Waals surface area contributed by atoms with Crippen LogP contribution in [-0.4, -0.2) is 54.8 Å². The molecule has 0 atom stereocenters. The molecule has 1 aliphatic heterocycles. The molecule has 0 N–H and O–H groups in total. The topological polar surface area (TPSA) is 85.2 Å². The van der Waals surface area contributed by atoms with Crippen molar-refractivity contribution in [3.05, 3.63) is 28.1 Å². The summed E-state index contributed by atoms with van der Waals surface area (Å²) in [5.74, 6) is -1.17. The summed E-state index contributed by atoms with van der Waals surface area (Å²) in [6, 6.07) is 2.58. The Labute approximate surface area is 145 Å². The molecular formula is C16H22FN3O5. The summed E-state index contributed by atoms with van der Waals surface area (Å²) in [4.78, 5) is 25.6. The number of carbonyl (C=O) groups is 1. The lowest BCUT2D eigenvalue weighted by Gasteiger charge is -2.36. The number of amides is 1. The van der Waals surface area contributed by atoms with Crippen LogP contribution in [0.5, 0.6) is 5.75 Å². The van der Waals surface area contributed by atoms with Gasteiger partial charge in [-0.2, -0.15) is 0 Å². The summed E-state index contributed by atoms with van der Waals surface area (Å²) in [7, 11) is 1.19. The van der Waals surface area contributed by atoms with Crippen molar-refractivity contribution in [3.63, 3.8) is 0 Å². The van der Waals surface area contributed by atoms with E-state index in [0.29, 0.717) is 26.2 Å². The number of hydrogen-bond donors (Lipinski definition) is 0. The van der Waals surface area contributed by atoms with E-state index in [2.05, 4.69) is 0 Å². The lowest BCUT2D eigenvalue weighted by molar-refractivity contribution is -0.386. The largest absolute Gasteiger partial charge is 0.488 e. The average molecular weight is 355 g/mol. The van der Waals surface area contributed by atoms with Crippen molar-refractivity contribution in [1.82, 2.24) is 4.90 Å². The van der Waals surface area contributed by atoms with E-state index < -0.39 is 33.9 Å². The van der Waals surface area contributed by atoms with Crippen molar-refractivity contribution in [3.8, 4) is 5.75 Å². The predicted molar refractivity (Wildman–Crippen MR) is 89.6 cm³/mol. The van der Waals surface area contributed by atoms with Gasteiger partial charge in [0.05, 0.1) is 17.7 Å². The second-order valence-corrected chi connectivity index (χ2v) is 6.66. The van der Waals surface area contributed by atoms with Crippen LogP contribution in [0.15, 0.2) is 12.1 Å². The molecule has 1 saturated heterocycles. The van der Waals surface area contributed by atoms with Gasteiger partial charge in [0.25, 0.3) is 0 Å². The van der Waals surface area contributed by atoms with Crippen molar-refractivity contribution >= 4 is 17.5 Å². The summed E-state index contributed by atoms with van der Waals surface area (Å²) < 4.78 is 24.8. The highest BCUT2D eigenvalue weighted by Crippen LogP contribution is 2.36. The van der Waals surface area contributed by atoms with E-state index in [9.17, 15) is 19.3 Å². The number of hydrogen-bond acceptors (Lipinski definition) is 6. The number of nitro benzene ring substituents is 1. The first kappa shape index (κ1) is 18.8. The van der Waals surface area contributed by atoms with Crippen molar-refractivity contribution < 1.29 is 23.6 Å². The number of piperazine rings is 1. The molecule has 0 aliphatic carbocycles. The first-order valence-corrected chi connectivity index (χ1v) is 7.88. The van der Waals surface area contributed by atoms with Crippen LogP contribution in [0, 0.1) is 15.9 Å². The Hall–Kier alpha value is -2.58. The Balaban J connectivity index is 2.11. The molecule has 1 heterocycles. The normalized spacial score (nSPS) is 15.1. The molecule has 8 nitrogen and oxygen atoms in total. The number of carbonyl (C=O) groups excluding carboxylic acids is 1. The summed E-state index contributed by atoms with van der Waals surface area (Å²) in [5.41, 5.74) is -0.783. The first-order valence-electron chi connectivity index (χ1n) is 7.88. The Morgan fingerprint density at radius 2 is 1.84 bits per heavy atom. The van der Waals surface area contributed by atoms with Crippen molar-refractivity contribution in [1.29, 1.82) is 0 Å². The number of nitrogens with zero attached hydrogens (tertiary/aromatic N) is 3. The molecule has 1 aromatic rings. The molecule has 0 saturated carbocycles. The molecule has 1 aliphatic rings. The Morgan fingerprint density at radius 3 is 2.32 bits per heavy atom. The highest BCUT2D eigenvalue weighted by molar-refractivity contribution is 5.69. The van der Waals surface area contributed by atoms with Gasteiger partial charge >= 0.3 is 11.8 Å². The Morgan fingerprint density at radius 1 is 1.24 bits per heavy atom. The molecule has 9 heteroatoms. The summed E-state index contributed by atoms with van der Waals surface area (Å²) in [5, 5.41) is 10.9. The Kier molecular flexibility index (Phi) is 5.34. The number of benzene rings is 1. The molecular weight excluding hydrogens is 333 g/mol. The highest BCUT2D eigenvalue weighted by atomic mass is 19.1. The molecule has 1 fully saturated rings. The predicted octanol–water partition coefficient (Wildman–Crippen LogP) is 2.80. The van der Waals surface area contributed by atoms with E-state index in [4.69, 9.17) is 9.47 Å². The average Bonchev–Trinajstić information content (AvgIpc) is 2.53. The molecule has 0 radical (unpaired) electrons. The number of methoxy groups -OCH3 is 1. The second kappa shape index (κ2) is 7.12. The maximum absolute atomic E-state index is 14.6. The fraction of sp³-hybridized carbons (Fsp3) is 0.562. The van der Waals surface area contributed by atoms with E-state index in [-0.39, 0.29) is 5.69 Å². The van der Waals surface area contributed by atoms with Crippen LogP contribution in [-0.2, 0) is 4.74 Å². The maximum Gasteiger partial charge on any atom is 0.410 e. The molecule has 0 spiro atoms. The van der Waals surface area contributed by atoms with Gasteiger partial charge in [0, 0.05) is 32.2 Å². The van der Waals surface area contributed by atoms with Gasteiger partial charge in [0.15, 0.2) is 5.82 Å². The third-order valence-corrected chi connectivity index (χ3v) is 3.73. The lowest BCUT2D eigenvalue weighted by atomic mass is 10.2. The monoisotopic (exact) mass is 355 g/mol. The molecule has 0 aromatic heterocycles. The lowest BCUT2D eigenvalue weighted by Crippen LogP contribution is -2.50. The number of ether oxygens (including phenoxy) is 2. The quantitative estimate of drug-likeness (QED) is 0.612. The molecule has 138 valence electrons. The van der Waals surface area contributed by atoms with Crippen LogP contribution < -0.4 is 9.64 Å². The molecule has 2 rings (SSSR count). The first-order chi connectivity index (χ1) is 11.6. The minimum absolute atomic E-state index is 0.214. The zero-order valence-corrected chi connectivity index (χ0v) is 14.7. The van der Waals surface area contributed by atoms with Crippen LogP contribution >= 0.6 is 0 Å². The summed E-state index contributed by atoms with van der Waals surface area (Å²) in [6.07, 6.45) is -0.408. The van der Waals surface area contributed by atoms with Gasteiger partial charge in [-0.05, 0) is 26.8 Å². The molecule has 0 bridgehead atoms. The highest BCUT2D eigenvalue weighted by Gasteiger charge is 2.29. The summed E-state index contributed by atoms with van der Waals surface area (Å²) in [6.45, 7) is 6.88. The molecule has 0 unspecified atom stereocenters. The summed E-state index contributed by atoms with van der Waals surface area (Å²) >= 11 is 0. The van der Waals surface area contributed by atoms with Gasteiger partial charge in [0.1, 0.15) is 5.60 Å². The second-order valence-electron chi connectivity index (χ2n) is 6.66. The molecule has 1 amide bonds. The van der Waals surface area contributed by atoms with Crippen LogP contribution in [0.25, 0.3) is 0 Å². The Bertz CT molecular complexity index is 666. The van der Waals surface area contributed by atoms with Crippen LogP contribution in [0.2, 0.25) is 0 Å². The van der Waals surface area contributed by atoms with Gasteiger partial charge in [-0.1, -0.05) is 0 Å². The number of halogens is 1. The van der Waals surface area contributed by atoms with E-state index in [1.54, 1.807) is 30.6 Å². The minimum Gasteiger partial charge on any atom is -0.488 e. The van der Waals surface area contributed by atoms with E-state index in [1.165, 1.54) is 19.2 Å². The number of rotatable bonds is 3. The standard InChI is InChI=1S/C16H22FN3O5/c1-16(2,3)25-15(21)19-9-7-18(8-10-19)11-5-6-12(20(22)23)14(24-4)13(11)17/h5-6H,7-10H2,1-4H3. The van der Waals surface area contributed by atoms with Gasteiger partial charge in [-0.25, -0.2) is 9.18 Å². The fourth-order valence-electron chi connectivity index (χ4n) is 2.57. The van der Waals surface area contributed by atoms with Crippen molar-refractivity contribution in [2.24, 2.45) is 0 Å². The SMILES string of the molecule is COc1c([N+](=O)[O-])ccc(N2CCN(C(=O)OC(C)(C)C)CC2)c1F. The fourth-order valence-corrected chi connectivity index (χ4v) is 2.57. The van der Waals surface area contributed by atoms with E-state index in [0.717, 1.165) is 0 Å². The van der Waals surface area contributed by atoms with Crippen LogP contribution in [0.3, 0.4) is 0 Å². The third kappa shape index (κ3) is 4.28. The zero-order chi connectivity index (χ0) is 18.8. The number of nitro groups is 1. The van der Waals surface area contributed by atoms with E-state index >= 15 is 0 Å². The maximum atomic E-state index is 14.6. The zero-order valence-electron chi connectivity index (χ0n) is 14.7. The van der Waals surface area contributed by atoms with Crippen molar-refractivity contribution in [2.45, 2.75) is 26.4 Å². The van der Waals surface area contributed by atoms with Gasteiger partial charge < -0.3 is 19.3 Å². The van der Waals surface area contributed by atoms with Crippen molar-refractivity contribution in [2.75, 3.05) is 38.2 Å². The van der Waals surface area contributed by atoms with E-state index in [1.807, 2.05) is 0 Å². The van der Waals surface area contributed by atoms with Gasteiger partial charge in [0.2, 0.25) is 5.75 Å². The van der Waals surface area contributed by atoms with Crippen LogP contribution in [0.4, 0.5) is 20.6 Å². The smallest absolute Gasteiger partial charge is 0.410 e. The number of anilines is 1. The van der Waals surface area contributed by atoms with Crippen LogP contribution in [0.1, 0.15) is 20.8 Å². The molecule has 1 aromatic carbocycles.